The number of halogens is 3. The maximum atomic E-state index is 13.9. The molecule has 1 amide bonds. The van der Waals surface area contributed by atoms with Crippen molar-refractivity contribution < 1.29 is 22.7 Å². The Morgan fingerprint density at radius 2 is 1.71 bits per heavy atom. The number of carbonyl (C=O) groups is 1. The van der Waals surface area contributed by atoms with Crippen LogP contribution in [0, 0.1) is 5.41 Å². The molecule has 1 heterocycles. The van der Waals surface area contributed by atoms with Gasteiger partial charge in [0.05, 0.1) is 5.41 Å². The number of hydrogen-bond donors (Lipinski definition) is 1. The molecular formula is C21H25F3N2O2. The fourth-order valence-electron chi connectivity index (χ4n) is 3.35. The van der Waals surface area contributed by atoms with E-state index in [2.05, 4.69) is 5.43 Å². The van der Waals surface area contributed by atoms with E-state index in [1.165, 1.54) is 12.1 Å². The molecule has 1 N–H and O–H groups in total. The van der Waals surface area contributed by atoms with Gasteiger partial charge < -0.3 is 4.74 Å². The number of hydrazine groups is 1. The maximum absolute atomic E-state index is 13.9. The summed E-state index contributed by atoms with van der Waals surface area (Å²) in [5.74, 6) is 0.180. The number of amides is 1. The van der Waals surface area contributed by atoms with Crippen LogP contribution in [0.2, 0.25) is 0 Å². The van der Waals surface area contributed by atoms with Crippen LogP contribution < -0.4 is 10.2 Å². The molecule has 2 aromatic rings. The van der Waals surface area contributed by atoms with Gasteiger partial charge in [-0.05, 0) is 69.2 Å². The Morgan fingerprint density at radius 3 is 2.25 bits per heavy atom. The first-order chi connectivity index (χ1) is 12.8. The number of hydrogen-bond acceptors (Lipinski definition) is 3. The Bertz CT molecular complexity index is 901. The van der Waals surface area contributed by atoms with Crippen molar-refractivity contribution in [2.24, 2.45) is 5.41 Å². The first-order valence-corrected chi connectivity index (χ1v) is 9.13. The SMILES string of the molecule is CC(C)(C)Oc1ccc2ccc([C@H](N3CC(C)(C)C(=O)N3)C(F)(F)F)cc2c1. The van der Waals surface area contributed by atoms with Crippen molar-refractivity contribution in [3.63, 3.8) is 0 Å². The Morgan fingerprint density at radius 1 is 1.07 bits per heavy atom. The van der Waals surface area contributed by atoms with Crippen molar-refractivity contribution in [3.05, 3.63) is 42.0 Å². The summed E-state index contributed by atoms with van der Waals surface area (Å²) in [7, 11) is 0. The van der Waals surface area contributed by atoms with Gasteiger partial charge in [0, 0.05) is 6.54 Å². The van der Waals surface area contributed by atoms with Crippen LogP contribution in [-0.4, -0.2) is 29.2 Å². The van der Waals surface area contributed by atoms with Crippen molar-refractivity contribution in [1.29, 1.82) is 0 Å². The fourth-order valence-corrected chi connectivity index (χ4v) is 3.35. The standard InChI is InChI=1S/C21H25F3N2O2/c1-19(2,3)28-16-9-8-13-6-7-14(10-15(13)11-16)17(21(22,23)24)26-12-20(4,5)18(27)25-26/h6-11,17H,12H2,1-5H3,(H,25,27)/t17-/m0/s1. The van der Waals surface area contributed by atoms with E-state index in [4.69, 9.17) is 4.74 Å². The Balaban J connectivity index is 2.02. The first-order valence-electron chi connectivity index (χ1n) is 9.13. The topological polar surface area (TPSA) is 41.6 Å². The Labute approximate surface area is 162 Å². The van der Waals surface area contributed by atoms with Gasteiger partial charge in [0.15, 0.2) is 0 Å². The highest BCUT2D eigenvalue weighted by molar-refractivity contribution is 5.85. The smallest absolute Gasteiger partial charge is 0.409 e. The van der Waals surface area contributed by atoms with E-state index < -0.39 is 29.1 Å². The summed E-state index contributed by atoms with van der Waals surface area (Å²) in [5.41, 5.74) is 1.17. The highest BCUT2D eigenvalue weighted by Crippen LogP contribution is 2.41. The molecule has 4 nitrogen and oxygen atoms in total. The third-order valence-electron chi connectivity index (χ3n) is 4.62. The van der Waals surface area contributed by atoms with E-state index in [0.717, 1.165) is 10.4 Å². The predicted octanol–water partition coefficient (Wildman–Crippen LogP) is 4.99. The van der Waals surface area contributed by atoms with E-state index in [1.54, 1.807) is 32.0 Å². The molecular weight excluding hydrogens is 369 g/mol. The van der Waals surface area contributed by atoms with Crippen LogP contribution in [0.3, 0.4) is 0 Å². The number of nitrogens with one attached hydrogen (secondary N) is 1. The van der Waals surface area contributed by atoms with Crippen molar-refractivity contribution >= 4 is 16.7 Å². The minimum Gasteiger partial charge on any atom is -0.488 e. The van der Waals surface area contributed by atoms with Crippen LogP contribution in [0.5, 0.6) is 5.75 Å². The monoisotopic (exact) mass is 394 g/mol. The summed E-state index contributed by atoms with van der Waals surface area (Å²) in [6.45, 7) is 8.96. The van der Waals surface area contributed by atoms with Crippen molar-refractivity contribution in [3.8, 4) is 5.75 Å². The minimum absolute atomic E-state index is 0.0266. The van der Waals surface area contributed by atoms with Gasteiger partial charge in [0.1, 0.15) is 17.4 Å². The first kappa shape index (κ1) is 20.5. The van der Waals surface area contributed by atoms with Crippen molar-refractivity contribution in [1.82, 2.24) is 10.4 Å². The number of benzene rings is 2. The zero-order valence-corrected chi connectivity index (χ0v) is 16.6. The van der Waals surface area contributed by atoms with Crippen LogP contribution in [0.25, 0.3) is 10.8 Å². The molecule has 0 unspecified atom stereocenters. The molecule has 1 saturated heterocycles. The Hall–Kier alpha value is -2.28. The zero-order chi connectivity index (χ0) is 20.9. The van der Waals surface area contributed by atoms with Crippen molar-refractivity contribution in [2.75, 3.05) is 6.54 Å². The summed E-state index contributed by atoms with van der Waals surface area (Å²) in [4.78, 5) is 12.0. The number of nitrogens with zero attached hydrogens (tertiary/aromatic N) is 1. The lowest BCUT2D eigenvalue weighted by Crippen LogP contribution is -2.43. The Kier molecular flexibility index (Phi) is 4.86. The number of ether oxygens (including phenoxy) is 1. The summed E-state index contributed by atoms with van der Waals surface area (Å²) < 4.78 is 47.6. The summed E-state index contributed by atoms with van der Waals surface area (Å²) >= 11 is 0. The van der Waals surface area contributed by atoms with Crippen LogP contribution in [-0.2, 0) is 4.79 Å². The molecule has 2 aromatic carbocycles. The predicted molar refractivity (Wildman–Crippen MR) is 102 cm³/mol. The molecule has 152 valence electrons. The lowest BCUT2D eigenvalue weighted by molar-refractivity contribution is -0.191. The molecule has 1 atom stereocenters. The number of alkyl halides is 3. The molecule has 1 aliphatic heterocycles. The second kappa shape index (κ2) is 6.65. The van der Waals surface area contributed by atoms with Gasteiger partial charge in [0.2, 0.25) is 5.91 Å². The second-order valence-corrected chi connectivity index (χ2v) is 8.88. The molecule has 0 aliphatic carbocycles. The molecule has 0 spiro atoms. The molecule has 3 rings (SSSR count). The zero-order valence-electron chi connectivity index (χ0n) is 16.6. The normalized spacial score (nSPS) is 18.9. The molecule has 0 aromatic heterocycles. The van der Waals surface area contributed by atoms with Gasteiger partial charge in [-0.1, -0.05) is 18.2 Å². The second-order valence-electron chi connectivity index (χ2n) is 8.88. The average molecular weight is 394 g/mol. The summed E-state index contributed by atoms with van der Waals surface area (Å²) in [6.07, 6.45) is -4.54. The summed E-state index contributed by atoms with van der Waals surface area (Å²) in [6, 6.07) is 8.08. The highest BCUT2D eigenvalue weighted by atomic mass is 19.4. The third-order valence-corrected chi connectivity index (χ3v) is 4.62. The number of rotatable bonds is 3. The number of fused-ring (bicyclic) bond motifs is 1. The van der Waals surface area contributed by atoms with Crippen LogP contribution in [0.1, 0.15) is 46.2 Å². The van der Waals surface area contributed by atoms with Crippen LogP contribution in [0.4, 0.5) is 13.2 Å². The molecule has 7 heteroatoms. The van der Waals surface area contributed by atoms with E-state index in [-0.39, 0.29) is 12.1 Å². The third kappa shape index (κ3) is 4.24. The van der Waals surface area contributed by atoms with Crippen molar-refractivity contribution in [2.45, 2.75) is 52.4 Å². The quantitative estimate of drug-likeness (QED) is 0.797. The number of carbonyl (C=O) groups excluding carboxylic acids is 1. The fraction of sp³-hybridized carbons (Fsp3) is 0.476. The lowest BCUT2D eigenvalue weighted by atomic mass is 9.93. The molecule has 0 saturated carbocycles. The molecule has 0 bridgehead atoms. The molecule has 0 radical (unpaired) electrons. The van der Waals surface area contributed by atoms with E-state index >= 15 is 0 Å². The average Bonchev–Trinajstić information content (AvgIpc) is 2.76. The lowest BCUT2D eigenvalue weighted by Gasteiger charge is -2.30. The van der Waals surface area contributed by atoms with Gasteiger partial charge >= 0.3 is 6.18 Å². The highest BCUT2D eigenvalue weighted by Gasteiger charge is 2.51. The molecule has 1 fully saturated rings. The van der Waals surface area contributed by atoms with Gasteiger partial charge in [0.25, 0.3) is 0 Å². The summed E-state index contributed by atoms with van der Waals surface area (Å²) in [5, 5.41) is 2.45. The minimum atomic E-state index is -4.54. The van der Waals surface area contributed by atoms with E-state index in [0.29, 0.717) is 11.1 Å². The van der Waals surface area contributed by atoms with Gasteiger partial charge in [-0.25, -0.2) is 5.01 Å². The van der Waals surface area contributed by atoms with Gasteiger partial charge in [-0.2, -0.15) is 13.2 Å². The largest absolute Gasteiger partial charge is 0.488 e. The van der Waals surface area contributed by atoms with Gasteiger partial charge in [-0.3, -0.25) is 10.2 Å². The van der Waals surface area contributed by atoms with E-state index in [9.17, 15) is 18.0 Å². The van der Waals surface area contributed by atoms with Crippen LogP contribution >= 0.6 is 0 Å². The maximum Gasteiger partial charge on any atom is 0.409 e. The molecule has 1 aliphatic rings. The van der Waals surface area contributed by atoms with Gasteiger partial charge in [-0.15, -0.1) is 0 Å². The van der Waals surface area contributed by atoms with E-state index in [1.807, 2.05) is 26.8 Å². The van der Waals surface area contributed by atoms with Crippen LogP contribution in [0.15, 0.2) is 36.4 Å². The molecule has 28 heavy (non-hydrogen) atoms.